The highest BCUT2D eigenvalue weighted by molar-refractivity contribution is 5.60. The lowest BCUT2D eigenvalue weighted by Gasteiger charge is -2.33. The largest absolute Gasteiger partial charge is 0.362 e. The summed E-state index contributed by atoms with van der Waals surface area (Å²) in [5, 5.41) is 3.42. The molecule has 1 nitrogen and oxygen atoms in total. The van der Waals surface area contributed by atoms with Crippen LogP contribution in [0.15, 0.2) is 76.7 Å². The zero-order chi connectivity index (χ0) is 21.7. The molecular formula is C28H39N. The quantitative estimate of drug-likeness (QED) is 0.443. The van der Waals surface area contributed by atoms with Crippen LogP contribution in [0.5, 0.6) is 0 Å². The summed E-state index contributed by atoms with van der Waals surface area (Å²) in [6.45, 7) is 24.5. The van der Waals surface area contributed by atoms with Crippen molar-refractivity contribution >= 4 is 0 Å². The van der Waals surface area contributed by atoms with E-state index in [1.54, 1.807) is 0 Å². The molecule has 156 valence electrons. The molecule has 1 aliphatic heterocycles. The van der Waals surface area contributed by atoms with E-state index < -0.39 is 0 Å². The molecule has 2 rings (SSSR count). The van der Waals surface area contributed by atoms with Crippen molar-refractivity contribution in [3.8, 4) is 0 Å². The lowest BCUT2D eigenvalue weighted by molar-refractivity contribution is 0.765. The minimum absolute atomic E-state index is 0.156. The summed E-state index contributed by atoms with van der Waals surface area (Å²) in [7, 11) is 0. The number of allylic oxidation sites excluding steroid dienone is 6. The van der Waals surface area contributed by atoms with E-state index in [0.717, 1.165) is 18.5 Å². The van der Waals surface area contributed by atoms with Gasteiger partial charge in [0.15, 0.2) is 0 Å². The lowest BCUT2D eigenvalue weighted by atomic mass is 9.73. The second-order valence-electron chi connectivity index (χ2n) is 8.60. The Morgan fingerprint density at radius 2 is 1.79 bits per heavy atom. The van der Waals surface area contributed by atoms with Crippen molar-refractivity contribution in [3.63, 3.8) is 0 Å². The van der Waals surface area contributed by atoms with E-state index in [9.17, 15) is 0 Å². The van der Waals surface area contributed by atoms with Crippen LogP contribution in [-0.2, 0) is 6.42 Å². The molecule has 1 heteroatoms. The molecule has 1 heterocycles. The van der Waals surface area contributed by atoms with Gasteiger partial charge >= 0.3 is 0 Å². The van der Waals surface area contributed by atoms with Crippen molar-refractivity contribution in [2.24, 2.45) is 0 Å². The molecule has 1 aromatic carbocycles. The minimum atomic E-state index is 0.156. The highest BCUT2D eigenvalue weighted by Gasteiger charge is 2.30. The van der Waals surface area contributed by atoms with E-state index in [2.05, 4.69) is 91.3 Å². The smallest absolute Gasteiger partial charge is 0.0367 e. The molecule has 0 spiro atoms. The fourth-order valence-corrected chi connectivity index (χ4v) is 4.36. The molecule has 0 amide bonds. The summed E-state index contributed by atoms with van der Waals surface area (Å²) in [6.07, 6.45) is 6.49. The Morgan fingerprint density at radius 1 is 1.10 bits per heavy atom. The van der Waals surface area contributed by atoms with Crippen LogP contribution in [0.3, 0.4) is 0 Å². The van der Waals surface area contributed by atoms with Crippen LogP contribution in [0, 0.1) is 6.92 Å². The van der Waals surface area contributed by atoms with Crippen molar-refractivity contribution < 1.29 is 0 Å². The zero-order valence-corrected chi connectivity index (χ0v) is 19.6. The highest BCUT2D eigenvalue weighted by atomic mass is 14.9. The van der Waals surface area contributed by atoms with Crippen molar-refractivity contribution in [3.05, 3.63) is 93.4 Å². The zero-order valence-electron chi connectivity index (χ0n) is 19.6. The Balaban J connectivity index is 2.81. The van der Waals surface area contributed by atoms with Gasteiger partial charge in [0.25, 0.3) is 0 Å². The average molecular weight is 390 g/mol. The van der Waals surface area contributed by atoms with Gasteiger partial charge in [0.1, 0.15) is 0 Å². The monoisotopic (exact) mass is 389 g/mol. The number of dihydropyridines is 1. The Kier molecular flexibility index (Phi) is 7.90. The maximum absolute atomic E-state index is 4.55. The van der Waals surface area contributed by atoms with E-state index in [1.807, 2.05) is 0 Å². The number of hydrogen-bond donors (Lipinski definition) is 1. The first-order valence-electron chi connectivity index (χ1n) is 11.0. The number of rotatable bonds is 8. The van der Waals surface area contributed by atoms with E-state index in [-0.39, 0.29) is 5.92 Å². The number of benzene rings is 1. The first-order valence-corrected chi connectivity index (χ1v) is 11.0. The highest BCUT2D eigenvalue weighted by Crippen LogP contribution is 2.45. The van der Waals surface area contributed by atoms with Gasteiger partial charge in [-0.2, -0.15) is 0 Å². The first kappa shape index (κ1) is 23.0. The third-order valence-electron chi connectivity index (χ3n) is 6.10. The Labute approximate surface area is 179 Å². The molecule has 0 aliphatic carbocycles. The van der Waals surface area contributed by atoms with Gasteiger partial charge in [0.2, 0.25) is 0 Å². The molecule has 1 unspecified atom stereocenters. The van der Waals surface area contributed by atoms with Crippen LogP contribution in [-0.4, -0.2) is 0 Å². The van der Waals surface area contributed by atoms with Gasteiger partial charge in [-0.3, -0.25) is 0 Å². The molecular weight excluding hydrogens is 350 g/mol. The molecule has 0 aromatic heterocycles. The summed E-state index contributed by atoms with van der Waals surface area (Å²) < 4.78 is 0. The molecule has 0 bridgehead atoms. The molecule has 0 fully saturated rings. The topological polar surface area (TPSA) is 12.0 Å². The van der Waals surface area contributed by atoms with Gasteiger partial charge in [-0.25, -0.2) is 0 Å². The van der Waals surface area contributed by atoms with E-state index in [0.29, 0.717) is 0 Å². The van der Waals surface area contributed by atoms with Gasteiger partial charge < -0.3 is 5.32 Å². The summed E-state index contributed by atoms with van der Waals surface area (Å²) in [4.78, 5) is 0. The van der Waals surface area contributed by atoms with Gasteiger partial charge in [0.05, 0.1) is 0 Å². The molecule has 29 heavy (non-hydrogen) atoms. The minimum Gasteiger partial charge on any atom is -0.362 e. The Morgan fingerprint density at radius 3 is 2.38 bits per heavy atom. The molecule has 0 saturated carbocycles. The maximum Gasteiger partial charge on any atom is 0.0367 e. The number of nitrogens with one attached hydrogen (secondary N) is 1. The predicted molar refractivity (Wildman–Crippen MR) is 129 cm³/mol. The normalized spacial score (nSPS) is 15.0. The fourth-order valence-electron chi connectivity index (χ4n) is 4.36. The van der Waals surface area contributed by atoms with Crippen molar-refractivity contribution in [1.82, 2.24) is 5.32 Å². The second kappa shape index (κ2) is 9.96. The summed E-state index contributed by atoms with van der Waals surface area (Å²) in [5.74, 6) is 0.156. The summed E-state index contributed by atoms with van der Waals surface area (Å²) in [6, 6.07) is 6.92. The van der Waals surface area contributed by atoms with Crippen LogP contribution in [0.2, 0.25) is 0 Å². The molecule has 1 aromatic rings. The van der Waals surface area contributed by atoms with Crippen LogP contribution in [0.1, 0.15) is 83.4 Å². The summed E-state index contributed by atoms with van der Waals surface area (Å²) in [5.41, 5.74) is 13.0. The van der Waals surface area contributed by atoms with E-state index >= 15 is 0 Å². The van der Waals surface area contributed by atoms with Crippen molar-refractivity contribution in [2.45, 2.75) is 80.1 Å². The average Bonchev–Trinajstić information content (AvgIpc) is 2.68. The second-order valence-corrected chi connectivity index (χ2v) is 8.60. The number of hydrogen-bond acceptors (Lipinski definition) is 1. The Bertz CT molecular complexity index is 885. The third kappa shape index (κ3) is 5.01. The standard InChI is InChI=1S/C28H39N/c1-10-12-13-20(6)26(18(3)4)28(25-15-14-19(5)16-24(25)11-2)27-22(8)21(7)17-29-23(27)9/h14-17,28-29H,6,9-13H2,1-5,7-8H3. The van der Waals surface area contributed by atoms with Gasteiger partial charge in [-0.05, 0) is 87.3 Å². The third-order valence-corrected chi connectivity index (χ3v) is 6.10. The molecule has 0 saturated heterocycles. The number of unbranched alkanes of at least 4 members (excludes halogenated alkanes) is 1. The van der Waals surface area contributed by atoms with E-state index in [1.165, 1.54) is 63.0 Å². The first-order chi connectivity index (χ1) is 13.7. The lowest BCUT2D eigenvalue weighted by Crippen LogP contribution is -2.22. The van der Waals surface area contributed by atoms with E-state index in [4.69, 9.17) is 0 Å². The predicted octanol–water partition coefficient (Wildman–Crippen LogP) is 8.06. The van der Waals surface area contributed by atoms with Crippen LogP contribution < -0.4 is 5.32 Å². The van der Waals surface area contributed by atoms with Crippen LogP contribution >= 0.6 is 0 Å². The maximum atomic E-state index is 4.55. The van der Waals surface area contributed by atoms with Gasteiger partial charge in [-0.15, -0.1) is 0 Å². The van der Waals surface area contributed by atoms with Crippen LogP contribution in [0.25, 0.3) is 0 Å². The van der Waals surface area contributed by atoms with Crippen molar-refractivity contribution in [2.75, 3.05) is 0 Å². The molecule has 1 atom stereocenters. The van der Waals surface area contributed by atoms with Gasteiger partial charge in [0, 0.05) is 17.8 Å². The SMILES string of the molecule is C=C(CCCC)C(=C(C)C)C(C1=C(C)C(C)=CNC1=C)c1ccc(C)cc1CC. The summed E-state index contributed by atoms with van der Waals surface area (Å²) >= 11 is 0. The van der Waals surface area contributed by atoms with Crippen LogP contribution in [0.4, 0.5) is 0 Å². The number of aryl methyl sites for hydroxylation is 2. The molecule has 1 N–H and O–H groups in total. The van der Waals surface area contributed by atoms with Gasteiger partial charge in [-0.1, -0.05) is 68.3 Å². The Hall–Kier alpha value is -2.28. The molecule has 0 radical (unpaired) electrons. The van der Waals surface area contributed by atoms with Crippen molar-refractivity contribution in [1.29, 1.82) is 0 Å². The molecule has 1 aliphatic rings. The fraction of sp³-hybridized carbons (Fsp3) is 0.429.